The molecule has 0 amide bonds. The van der Waals surface area contributed by atoms with E-state index in [1.807, 2.05) is 0 Å². The third-order valence-corrected chi connectivity index (χ3v) is 4.80. The summed E-state index contributed by atoms with van der Waals surface area (Å²) in [5.41, 5.74) is -2.68. The van der Waals surface area contributed by atoms with E-state index < -0.39 is 17.4 Å². The van der Waals surface area contributed by atoms with Gasteiger partial charge in [0.15, 0.2) is 0 Å². The maximum Gasteiger partial charge on any atom is 0.414 e. The Labute approximate surface area is 90.7 Å². The van der Waals surface area contributed by atoms with Crippen LogP contribution in [0.2, 0.25) is 0 Å². The Kier molecular flexibility index (Phi) is 2.58. The van der Waals surface area contributed by atoms with Crippen molar-refractivity contribution in [3.8, 4) is 0 Å². The molecule has 2 unspecified atom stereocenters. The molecule has 15 heavy (non-hydrogen) atoms. The van der Waals surface area contributed by atoms with Crippen molar-refractivity contribution in [3.63, 3.8) is 0 Å². The third-order valence-electron chi connectivity index (χ3n) is 3.23. The molecule has 1 N–H and O–H groups in total. The number of alkyl halides is 3. The maximum absolute atomic E-state index is 12.5. The van der Waals surface area contributed by atoms with Gasteiger partial charge < -0.3 is 5.11 Å². The SMILES string of the molecule is C=C(C(F)(F)F)C1(O)CC2CCC(C1)S2. The summed E-state index contributed by atoms with van der Waals surface area (Å²) in [4.78, 5) is 0. The molecule has 1 nitrogen and oxygen atoms in total. The van der Waals surface area contributed by atoms with E-state index in [0.29, 0.717) is 0 Å². The average Bonchev–Trinajstić information content (AvgIpc) is 2.43. The van der Waals surface area contributed by atoms with Crippen LogP contribution in [0.5, 0.6) is 0 Å². The predicted molar refractivity (Wildman–Crippen MR) is 53.8 cm³/mol. The van der Waals surface area contributed by atoms with Crippen LogP contribution in [0.1, 0.15) is 25.7 Å². The molecule has 0 aromatic carbocycles. The van der Waals surface area contributed by atoms with Gasteiger partial charge in [-0.1, -0.05) is 6.58 Å². The average molecular weight is 238 g/mol. The van der Waals surface area contributed by atoms with Crippen LogP contribution in [0.15, 0.2) is 12.2 Å². The molecule has 86 valence electrons. The van der Waals surface area contributed by atoms with Crippen molar-refractivity contribution in [1.82, 2.24) is 0 Å². The molecular formula is C10H13F3OS. The molecule has 2 aliphatic heterocycles. The van der Waals surface area contributed by atoms with Gasteiger partial charge in [-0.15, -0.1) is 0 Å². The zero-order chi connectivity index (χ0) is 11.3. The van der Waals surface area contributed by atoms with Gasteiger partial charge in [-0.3, -0.25) is 0 Å². The van der Waals surface area contributed by atoms with Gasteiger partial charge in [0.05, 0.1) is 11.2 Å². The summed E-state index contributed by atoms with van der Waals surface area (Å²) >= 11 is 1.71. The molecule has 2 fully saturated rings. The lowest BCUT2D eigenvalue weighted by molar-refractivity contribution is -0.122. The molecule has 0 saturated carbocycles. The maximum atomic E-state index is 12.5. The topological polar surface area (TPSA) is 20.2 Å². The van der Waals surface area contributed by atoms with E-state index >= 15 is 0 Å². The van der Waals surface area contributed by atoms with E-state index in [2.05, 4.69) is 6.58 Å². The molecule has 2 atom stereocenters. The summed E-state index contributed by atoms with van der Waals surface area (Å²) in [6.45, 7) is 3.03. The van der Waals surface area contributed by atoms with E-state index in [4.69, 9.17) is 0 Å². The van der Waals surface area contributed by atoms with Crippen LogP contribution in [0, 0.1) is 0 Å². The number of thioether (sulfide) groups is 1. The zero-order valence-electron chi connectivity index (χ0n) is 8.18. The second-order valence-corrected chi connectivity index (χ2v) is 5.98. The molecule has 0 aliphatic carbocycles. The van der Waals surface area contributed by atoms with Crippen LogP contribution in [-0.2, 0) is 0 Å². The Bertz CT molecular complexity index is 275. The van der Waals surface area contributed by atoms with Crippen molar-refractivity contribution in [3.05, 3.63) is 12.2 Å². The molecular weight excluding hydrogens is 225 g/mol. The highest BCUT2D eigenvalue weighted by Gasteiger charge is 2.52. The van der Waals surface area contributed by atoms with Crippen LogP contribution in [0.4, 0.5) is 13.2 Å². The second-order valence-electron chi connectivity index (χ2n) is 4.37. The van der Waals surface area contributed by atoms with Crippen molar-refractivity contribution in [2.75, 3.05) is 0 Å². The lowest BCUT2D eigenvalue weighted by atomic mass is 9.86. The Morgan fingerprint density at radius 3 is 2.13 bits per heavy atom. The first-order valence-corrected chi connectivity index (χ1v) is 5.90. The fraction of sp³-hybridized carbons (Fsp3) is 0.800. The van der Waals surface area contributed by atoms with E-state index in [9.17, 15) is 18.3 Å². The summed E-state index contributed by atoms with van der Waals surface area (Å²) in [5, 5.41) is 10.4. The summed E-state index contributed by atoms with van der Waals surface area (Å²) in [6, 6.07) is 0. The number of hydrogen-bond acceptors (Lipinski definition) is 2. The minimum atomic E-state index is -4.48. The molecule has 2 aliphatic rings. The normalized spacial score (nSPS) is 40.5. The highest BCUT2D eigenvalue weighted by molar-refractivity contribution is 8.00. The number of hydrogen-bond donors (Lipinski definition) is 1. The molecule has 0 aromatic heterocycles. The first kappa shape index (κ1) is 11.3. The van der Waals surface area contributed by atoms with Crippen LogP contribution in [0.3, 0.4) is 0 Å². The van der Waals surface area contributed by atoms with Gasteiger partial charge in [0.25, 0.3) is 0 Å². The van der Waals surface area contributed by atoms with Crippen LogP contribution < -0.4 is 0 Å². The summed E-state index contributed by atoms with van der Waals surface area (Å²) in [6.07, 6.45) is -2.24. The lowest BCUT2D eigenvalue weighted by Gasteiger charge is -2.37. The van der Waals surface area contributed by atoms with E-state index in [1.54, 1.807) is 11.8 Å². The standard InChI is InChI=1S/C10H13F3OS/c1-6(10(11,12)13)9(14)4-7-2-3-8(5-9)15-7/h7-8,14H,1-5H2. The number of aliphatic hydroxyl groups is 1. The van der Waals surface area contributed by atoms with Gasteiger partial charge in [-0.2, -0.15) is 24.9 Å². The highest BCUT2D eigenvalue weighted by Crippen LogP contribution is 2.51. The van der Waals surface area contributed by atoms with Crippen LogP contribution in [-0.4, -0.2) is 27.4 Å². The Morgan fingerprint density at radius 2 is 1.73 bits per heavy atom. The van der Waals surface area contributed by atoms with Crippen molar-refractivity contribution in [2.24, 2.45) is 0 Å². The van der Waals surface area contributed by atoms with Crippen molar-refractivity contribution < 1.29 is 18.3 Å². The number of fused-ring (bicyclic) bond motifs is 2. The Hall–Kier alpha value is -0.160. The van der Waals surface area contributed by atoms with Gasteiger partial charge in [0, 0.05) is 10.5 Å². The Balaban J connectivity index is 2.17. The van der Waals surface area contributed by atoms with Crippen LogP contribution in [0.25, 0.3) is 0 Å². The summed E-state index contributed by atoms with van der Waals surface area (Å²) in [7, 11) is 0. The smallest absolute Gasteiger partial charge is 0.385 e. The van der Waals surface area contributed by atoms with Crippen molar-refractivity contribution >= 4 is 11.8 Å². The van der Waals surface area contributed by atoms with Crippen molar-refractivity contribution in [2.45, 2.75) is 48.0 Å². The van der Waals surface area contributed by atoms with Gasteiger partial charge >= 0.3 is 6.18 Å². The minimum Gasteiger partial charge on any atom is -0.385 e. The van der Waals surface area contributed by atoms with E-state index in [0.717, 1.165) is 12.8 Å². The van der Waals surface area contributed by atoms with Gasteiger partial charge in [0.2, 0.25) is 0 Å². The first-order chi connectivity index (χ1) is 6.81. The molecule has 0 aromatic rings. The van der Waals surface area contributed by atoms with Gasteiger partial charge in [0.1, 0.15) is 0 Å². The molecule has 2 rings (SSSR count). The first-order valence-electron chi connectivity index (χ1n) is 4.96. The zero-order valence-corrected chi connectivity index (χ0v) is 9.00. The molecule has 5 heteroatoms. The predicted octanol–water partition coefficient (Wildman–Crippen LogP) is 2.89. The third kappa shape index (κ3) is 2.04. The number of rotatable bonds is 1. The summed E-state index contributed by atoms with van der Waals surface area (Å²) < 4.78 is 37.5. The van der Waals surface area contributed by atoms with Gasteiger partial charge in [-0.25, -0.2) is 0 Å². The monoisotopic (exact) mass is 238 g/mol. The molecule has 2 bridgehead atoms. The highest BCUT2D eigenvalue weighted by atomic mass is 32.2. The molecule has 2 saturated heterocycles. The quantitative estimate of drug-likeness (QED) is 0.709. The molecule has 0 spiro atoms. The Morgan fingerprint density at radius 1 is 1.27 bits per heavy atom. The van der Waals surface area contributed by atoms with E-state index in [-0.39, 0.29) is 23.3 Å². The van der Waals surface area contributed by atoms with Crippen LogP contribution >= 0.6 is 11.8 Å². The van der Waals surface area contributed by atoms with Gasteiger partial charge in [-0.05, 0) is 25.7 Å². The lowest BCUT2D eigenvalue weighted by Crippen LogP contribution is -2.43. The second kappa shape index (κ2) is 3.42. The number of halogens is 3. The fourth-order valence-electron chi connectivity index (χ4n) is 2.43. The largest absolute Gasteiger partial charge is 0.414 e. The molecule has 2 heterocycles. The minimum absolute atomic E-state index is 0.174. The summed E-state index contributed by atoms with van der Waals surface area (Å²) in [5.74, 6) is 0. The van der Waals surface area contributed by atoms with Crippen molar-refractivity contribution in [1.29, 1.82) is 0 Å². The van der Waals surface area contributed by atoms with E-state index in [1.165, 1.54) is 0 Å². The molecule has 0 radical (unpaired) electrons. The fourth-order valence-corrected chi connectivity index (χ4v) is 4.26.